The third-order valence-corrected chi connectivity index (χ3v) is 2.69. The first-order valence-corrected chi connectivity index (χ1v) is 5.82. The summed E-state index contributed by atoms with van der Waals surface area (Å²) in [5.41, 5.74) is 0.371. The fourth-order valence-electron chi connectivity index (χ4n) is 1.13. The summed E-state index contributed by atoms with van der Waals surface area (Å²) in [7, 11) is 0. The monoisotopic (exact) mass is 305 g/mol. The molecule has 0 saturated carbocycles. The summed E-state index contributed by atoms with van der Waals surface area (Å²) in [5.74, 6) is 0. The molecule has 0 atom stereocenters. The topological polar surface area (TPSA) is 22.0 Å². The molecule has 0 aromatic carbocycles. The molecule has 0 spiro atoms. The molecule has 1 heterocycles. The minimum Gasteiger partial charge on any atom is -0.314 e. The van der Waals surface area contributed by atoms with Crippen LogP contribution >= 0.6 is 22.6 Å². The van der Waals surface area contributed by atoms with E-state index < -0.39 is 0 Å². The molecule has 0 saturated heterocycles. The molecule has 3 heteroatoms. The van der Waals surface area contributed by atoms with Crippen LogP contribution in [0.2, 0.25) is 0 Å². The maximum Gasteiger partial charge on any atom is 0.250 e. The van der Waals surface area contributed by atoms with Gasteiger partial charge in [0.25, 0.3) is 5.56 Å². The van der Waals surface area contributed by atoms with Crippen molar-refractivity contribution in [1.29, 1.82) is 0 Å². The number of hydrogen-bond acceptors (Lipinski definition) is 1. The van der Waals surface area contributed by atoms with Crippen LogP contribution in [0.15, 0.2) is 23.1 Å². The lowest BCUT2D eigenvalue weighted by molar-refractivity contribution is 0.347. The highest BCUT2D eigenvalue weighted by Gasteiger charge is 2.10. The maximum absolute atomic E-state index is 11.4. The van der Waals surface area contributed by atoms with Gasteiger partial charge in [-0.3, -0.25) is 4.79 Å². The molecular weight excluding hydrogens is 289 g/mol. The molecule has 14 heavy (non-hydrogen) atoms. The van der Waals surface area contributed by atoms with Gasteiger partial charge in [0.2, 0.25) is 0 Å². The van der Waals surface area contributed by atoms with Crippen LogP contribution in [0.25, 0.3) is 0 Å². The molecule has 1 rings (SSSR count). The van der Waals surface area contributed by atoms with E-state index in [2.05, 4.69) is 43.4 Å². The van der Waals surface area contributed by atoms with Crippen molar-refractivity contribution in [2.45, 2.75) is 33.7 Å². The Bertz CT molecular complexity index is 362. The fraction of sp³-hybridized carbons (Fsp3) is 0.545. The quantitative estimate of drug-likeness (QED) is 0.770. The smallest absolute Gasteiger partial charge is 0.250 e. The number of halogens is 1. The first-order chi connectivity index (χ1) is 6.38. The lowest BCUT2D eigenvalue weighted by Crippen LogP contribution is -2.21. The molecule has 0 aliphatic rings. The normalized spacial score (nSPS) is 11.7. The van der Waals surface area contributed by atoms with E-state index in [9.17, 15) is 4.79 Å². The fourth-order valence-corrected chi connectivity index (χ4v) is 1.65. The Morgan fingerprint density at radius 2 is 2.00 bits per heavy atom. The highest BCUT2D eigenvalue weighted by molar-refractivity contribution is 14.1. The minimum absolute atomic E-state index is 0.0923. The standard InChI is InChI=1S/C11H16INO/c1-11(2,3)6-7-13-8-9(12)4-5-10(13)14/h4-5,8H,6-7H2,1-3H3. The molecule has 0 aliphatic carbocycles. The Morgan fingerprint density at radius 3 is 2.57 bits per heavy atom. The molecule has 0 aliphatic heterocycles. The van der Waals surface area contributed by atoms with Gasteiger partial charge in [-0.25, -0.2) is 0 Å². The molecule has 0 unspecified atom stereocenters. The van der Waals surface area contributed by atoms with Crippen LogP contribution in [0.1, 0.15) is 27.2 Å². The first-order valence-electron chi connectivity index (χ1n) is 4.74. The van der Waals surface area contributed by atoms with Crippen molar-refractivity contribution in [3.8, 4) is 0 Å². The van der Waals surface area contributed by atoms with E-state index in [1.165, 1.54) is 0 Å². The highest BCUT2D eigenvalue weighted by Crippen LogP contribution is 2.18. The Morgan fingerprint density at radius 1 is 1.36 bits per heavy atom. The average molecular weight is 305 g/mol. The van der Waals surface area contributed by atoms with Gasteiger partial charge in [-0.2, -0.15) is 0 Å². The van der Waals surface area contributed by atoms with Crippen LogP contribution in [0.5, 0.6) is 0 Å². The zero-order valence-corrected chi connectivity index (χ0v) is 11.0. The summed E-state index contributed by atoms with van der Waals surface area (Å²) < 4.78 is 2.89. The molecule has 0 radical (unpaired) electrons. The molecule has 0 bridgehead atoms. The summed E-state index contributed by atoms with van der Waals surface area (Å²) in [6, 6.07) is 3.47. The zero-order chi connectivity index (χ0) is 10.8. The van der Waals surface area contributed by atoms with E-state index in [-0.39, 0.29) is 11.0 Å². The lowest BCUT2D eigenvalue weighted by atomic mass is 9.92. The third-order valence-electron chi connectivity index (χ3n) is 2.05. The van der Waals surface area contributed by atoms with Crippen molar-refractivity contribution in [2.75, 3.05) is 0 Å². The van der Waals surface area contributed by atoms with Crippen LogP contribution < -0.4 is 5.56 Å². The SMILES string of the molecule is CC(C)(C)CCn1cc(I)ccc1=O. The zero-order valence-electron chi connectivity index (χ0n) is 8.88. The van der Waals surface area contributed by atoms with Gasteiger partial charge in [0.15, 0.2) is 0 Å². The number of hydrogen-bond donors (Lipinski definition) is 0. The number of nitrogens with zero attached hydrogens (tertiary/aromatic N) is 1. The highest BCUT2D eigenvalue weighted by atomic mass is 127. The van der Waals surface area contributed by atoms with E-state index >= 15 is 0 Å². The van der Waals surface area contributed by atoms with Crippen molar-refractivity contribution in [1.82, 2.24) is 4.57 Å². The average Bonchev–Trinajstić information content (AvgIpc) is 2.05. The van der Waals surface area contributed by atoms with Gasteiger partial charge in [0.1, 0.15) is 0 Å². The predicted molar refractivity (Wildman–Crippen MR) is 67.5 cm³/mol. The summed E-state index contributed by atoms with van der Waals surface area (Å²) in [4.78, 5) is 11.4. The predicted octanol–water partition coefficient (Wildman–Crippen LogP) is 2.89. The molecule has 2 nitrogen and oxygen atoms in total. The molecule has 0 amide bonds. The van der Waals surface area contributed by atoms with E-state index in [1.54, 1.807) is 10.6 Å². The van der Waals surface area contributed by atoms with Crippen molar-refractivity contribution in [3.05, 3.63) is 32.3 Å². The van der Waals surface area contributed by atoms with E-state index in [0.29, 0.717) is 0 Å². The Kier molecular flexibility index (Phi) is 3.75. The molecular formula is C11H16INO. The van der Waals surface area contributed by atoms with Crippen molar-refractivity contribution >= 4 is 22.6 Å². The minimum atomic E-state index is 0.0923. The number of pyridine rings is 1. The first kappa shape index (κ1) is 11.8. The van der Waals surface area contributed by atoms with Gasteiger partial charge >= 0.3 is 0 Å². The van der Waals surface area contributed by atoms with E-state index in [1.807, 2.05) is 12.3 Å². The largest absolute Gasteiger partial charge is 0.314 e. The Balaban J connectivity index is 2.77. The lowest BCUT2D eigenvalue weighted by Gasteiger charge is -2.18. The Hall–Kier alpha value is -0.320. The summed E-state index contributed by atoms with van der Waals surface area (Å²) in [5, 5.41) is 0. The summed E-state index contributed by atoms with van der Waals surface area (Å²) in [6.07, 6.45) is 2.93. The van der Waals surface area contributed by atoms with Gasteiger partial charge in [0, 0.05) is 22.4 Å². The number of rotatable bonds is 2. The van der Waals surface area contributed by atoms with Gasteiger partial charge in [0.05, 0.1) is 0 Å². The van der Waals surface area contributed by atoms with E-state index in [4.69, 9.17) is 0 Å². The number of aromatic nitrogens is 1. The molecule has 78 valence electrons. The Labute approximate surface area is 98.5 Å². The molecule has 1 aromatic heterocycles. The maximum atomic E-state index is 11.4. The third kappa shape index (κ3) is 3.82. The van der Waals surface area contributed by atoms with Crippen LogP contribution in [-0.2, 0) is 6.54 Å². The van der Waals surface area contributed by atoms with Gasteiger partial charge < -0.3 is 4.57 Å². The number of aryl methyl sites for hydroxylation is 1. The molecule has 0 fully saturated rings. The second-order valence-electron chi connectivity index (χ2n) is 4.69. The summed E-state index contributed by atoms with van der Waals surface area (Å²) >= 11 is 2.22. The van der Waals surface area contributed by atoms with Gasteiger partial charge in [-0.05, 0) is 40.5 Å². The van der Waals surface area contributed by atoms with E-state index in [0.717, 1.165) is 16.5 Å². The second-order valence-corrected chi connectivity index (χ2v) is 5.94. The van der Waals surface area contributed by atoms with Crippen molar-refractivity contribution in [2.24, 2.45) is 5.41 Å². The van der Waals surface area contributed by atoms with Crippen LogP contribution in [0.3, 0.4) is 0 Å². The second kappa shape index (κ2) is 4.47. The van der Waals surface area contributed by atoms with Gasteiger partial charge in [-0.1, -0.05) is 20.8 Å². The summed E-state index contributed by atoms with van der Waals surface area (Å²) in [6.45, 7) is 7.36. The van der Waals surface area contributed by atoms with Crippen molar-refractivity contribution < 1.29 is 0 Å². The molecule has 1 aromatic rings. The van der Waals surface area contributed by atoms with Crippen LogP contribution in [0, 0.1) is 8.99 Å². The van der Waals surface area contributed by atoms with Gasteiger partial charge in [-0.15, -0.1) is 0 Å². The van der Waals surface area contributed by atoms with Crippen LogP contribution in [0.4, 0.5) is 0 Å². The molecule has 0 N–H and O–H groups in total. The van der Waals surface area contributed by atoms with Crippen LogP contribution in [-0.4, -0.2) is 4.57 Å². The van der Waals surface area contributed by atoms with Crippen molar-refractivity contribution in [3.63, 3.8) is 0 Å².